The number of hydrogen-bond donors (Lipinski definition) is 0. The predicted octanol–water partition coefficient (Wildman–Crippen LogP) is 2.83. The van der Waals surface area contributed by atoms with E-state index in [1.165, 1.54) is 12.8 Å². The van der Waals surface area contributed by atoms with Gasteiger partial charge in [0.25, 0.3) is 5.91 Å². The minimum Gasteiger partial charge on any atom is -0.373 e. The monoisotopic (exact) mass is 394 g/mol. The summed E-state index contributed by atoms with van der Waals surface area (Å²) in [6.07, 6.45) is 4.15. The lowest BCUT2D eigenvalue weighted by Crippen LogP contribution is -2.51. The number of amides is 1. The molecule has 6 heteroatoms. The smallest absolute Gasteiger partial charge is 0.256 e. The number of ether oxygens (including phenoxy) is 1. The van der Waals surface area contributed by atoms with Gasteiger partial charge in [0.2, 0.25) is 0 Å². The number of hydrogen-bond acceptors (Lipinski definition) is 5. The molecule has 1 amide bonds. The normalized spacial score (nSPS) is 22.6. The maximum atomic E-state index is 13.5. The van der Waals surface area contributed by atoms with E-state index in [0.717, 1.165) is 31.0 Å². The first-order valence-electron chi connectivity index (χ1n) is 10.5. The summed E-state index contributed by atoms with van der Waals surface area (Å²) in [6, 6.07) is 14.0. The van der Waals surface area contributed by atoms with Gasteiger partial charge < -0.3 is 19.4 Å². The number of morpholine rings is 1. The van der Waals surface area contributed by atoms with Crippen LogP contribution in [0.3, 0.4) is 0 Å². The van der Waals surface area contributed by atoms with Crippen LogP contribution in [-0.4, -0.2) is 73.7 Å². The van der Waals surface area contributed by atoms with E-state index in [9.17, 15) is 4.79 Å². The Labute approximate surface area is 173 Å². The predicted molar refractivity (Wildman–Crippen MR) is 114 cm³/mol. The van der Waals surface area contributed by atoms with Crippen molar-refractivity contribution in [2.75, 3.05) is 51.8 Å². The van der Waals surface area contributed by atoms with Crippen LogP contribution in [0.5, 0.6) is 0 Å². The van der Waals surface area contributed by atoms with Gasteiger partial charge in [-0.3, -0.25) is 4.79 Å². The van der Waals surface area contributed by atoms with Crippen LogP contribution in [0.1, 0.15) is 34.8 Å². The molecule has 0 spiro atoms. The number of benzene rings is 1. The fourth-order valence-electron chi connectivity index (χ4n) is 4.32. The van der Waals surface area contributed by atoms with Gasteiger partial charge in [-0.25, -0.2) is 4.98 Å². The SMILES string of the molecule is CN(C)c1ccc(C(=O)N2CCO[C@@H](CN3CCCC3)[C@@H]2c2ccccc2)cn1. The van der Waals surface area contributed by atoms with Crippen molar-refractivity contribution in [3.8, 4) is 0 Å². The molecule has 2 atom stereocenters. The van der Waals surface area contributed by atoms with Crippen LogP contribution in [0.15, 0.2) is 48.7 Å². The molecule has 0 bridgehead atoms. The molecule has 2 fully saturated rings. The van der Waals surface area contributed by atoms with Gasteiger partial charge in [-0.15, -0.1) is 0 Å². The van der Waals surface area contributed by atoms with E-state index >= 15 is 0 Å². The highest BCUT2D eigenvalue weighted by molar-refractivity contribution is 5.94. The first kappa shape index (κ1) is 19.9. The first-order chi connectivity index (χ1) is 14.1. The number of nitrogens with zero attached hydrogens (tertiary/aromatic N) is 4. The average Bonchev–Trinajstić information content (AvgIpc) is 3.27. The molecule has 29 heavy (non-hydrogen) atoms. The second-order valence-corrected chi connectivity index (χ2v) is 8.07. The van der Waals surface area contributed by atoms with E-state index in [1.54, 1.807) is 6.20 Å². The Balaban J connectivity index is 1.61. The van der Waals surface area contributed by atoms with Crippen molar-refractivity contribution < 1.29 is 9.53 Å². The molecule has 0 unspecified atom stereocenters. The van der Waals surface area contributed by atoms with Crippen molar-refractivity contribution in [2.24, 2.45) is 0 Å². The Morgan fingerprint density at radius 3 is 2.52 bits per heavy atom. The highest BCUT2D eigenvalue weighted by Gasteiger charge is 2.38. The third-order valence-electron chi connectivity index (χ3n) is 5.84. The maximum absolute atomic E-state index is 13.5. The van der Waals surface area contributed by atoms with Crippen LogP contribution in [0.2, 0.25) is 0 Å². The number of carbonyl (C=O) groups excluding carboxylic acids is 1. The third kappa shape index (κ3) is 4.43. The lowest BCUT2D eigenvalue weighted by atomic mass is 9.96. The summed E-state index contributed by atoms with van der Waals surface area (Å²) in [5, 5.41) is 0. The second-order valence-electron chi connectivity index (χ2n) is 8.07. The van der Waals surface area contributed by atoms with Gasteiger partial charge in [-0.1, -0.05) is 30.3 Å². The van der Waals surface area contributed by atoms with Crippen molar-refractivity contribution in [3.05, 3.63) is 59.8 Å². The summed E-state index contributed by atoms with van der Waals surface area (Å²) in [6.45, 7) is 4.25. The molecular formula is C23H30N4O2. The fraction of sp³-hybridized carbons (Fsp3) is 0.478. The largest absolute Gasteiger partial charge is 0.373 e. The molecule has 154 valence electrons. The number of pyridine rings is 1. The zero-order valence-electron chi connectivity index (χ0n) is 17.3. The Hall–Kier alpha value is -2.44. The fourth-order valence-corrected chi connectivity index (χ4v) is 4.32. The molecule has 1 aromatic heterocycles. The summed E-state index contributed by atoms with van der Waals surface area (Å²) in [5.74, 6) is 0.862. The second kappa shape index (κ2) is 8.93. The minimum absolute atomic E-state index is 0.0198. The number of likely N-dealkylation sites (tertiary alicyclic amines) is 1. The standard InChI is InChI=1S/C23H30N4O2/c1-25(2)21-11-10-19(16-24-21)23(28)27-14-15-29-20(17-26-12-6-7-13-26)22(27)18-8-4-3-5-9-18/h3-5,8-11,16,20,22H,6-7,12-15,17H2,1-2H3/t20-,22-/m0/s1. The van der Waals surface area contributed by atoms with E-state index in [2.05, 4.69) is 22.0 Å². The molecule has 2 saturated heterocycles. The summed E-state index contributed by atoms with van der Waals surface area (Å²) < 4.78 is 6.22. The van der Waals surface area contributed by atoms with E-state index in [1.807, 2.05) is 54.2 Å². The lowest BCUT2D eigenvalue weighted by Gasteiger charge is -2.42. The molecule has 0 saturated carbocycles. The van der Waals surface area contributed by atoms with Gasteiger partial charge in [0, 0.05) is 33.4 Å². The van der Waals surface area contributed by atoms with E-state index in [0.29, 0.717) is 18.7 Å². The van der Waals surface area contributed by atoms with Gasteiger partial charge in [0.1, 0.15) is 5.82 Å². The van der Waals surface area contributed by atoms with Crippen LogP contribution in [0, 0.1) is 0 Å². The van der Waals surface area contributed by atoms with Crippen LogP contribution < -0.4 is 4.90 Å². The van der Waals surface area contributed by atoms with Crippen molar-refractivity contribution in [1.82, 2.24) is 14.8 Å². The molecular weight excluding hydrogens is 364 g/mol. The quantitative estimate of drug-likeness (QED) is 0.781. The summed E-state index contributed by atoms with van der Waals surface area (Å²) >= 11 is 0. The minimum atomic E-state index is -0.0911. The number of anilines is 1. The molecule has 6 nitrogen and oxygen atoms in total. The van der Waals surface area contributed by atoms with Crippen LogP contribution in [0.25, 0.3) is 0 Å². The van der Waals surface area contributed by atoms with Crippen molar-refractivity contribution in [2.45, 2.75) is 25.0 Å². The zero-order chi connectivity index (χ0) is 20.2. The molecule has 0 aliphatic carbocycles. The van der Waals surface area contributed by atoms with Crippen LogP contribution in [-0.2, 0) is 4.74 Å². The Morgan fingerprint density at radius 1 is 1.10 bits per heavy atom. The molecule has 3 heterocycles. The van der Waals surface area contributed by atoms with Gasteiger partial charge in [-0.05, 0) is 43.6 Å². The Kier molecular flexibility index (Phi) is 6.11. The van der Waals surface area contributed by atoms with Gasteiger partial charge in [-0.2, -0.15) is 0 Å². The molecule has 2 aliphatic rings. The maximum Gasteiger partial charge on any atom is 0.256 e. The Morgan fingerprint density at radius 2 is 1.86 bits per heavy atom. The van der Waals surface area contributed by atoms with Crippen molar-refractivity contribution in [1.29, 1.82) is 0 Å². The summed E-state index contributed by atoms with van der Waals surface area (Å²) in [5.41, 5.74) is 1.75. The van der Waals surface area contributed by atoms with Gasteiger partial charge in [0.15, 0.2) is 0 Å². The number of rotatable bonds is 5. The molecule has 0 N–H and O–H groups in total. The van der Waals surface area contributed by atoms with Crippen molar-refractivity contribution in [3.63, 3.8) is 0 Å². The van der Waals surface area contributed by atoms with Gasteiger partial charge in [0.05, 0.1) is 24.3 Å². The summed E-state index contributed by atoms with van der Waals surface area (Å²) in [7, 11) is 3.89. The zero-order valence-corrected chi connectivity index (χ0v) is 17.3. The number of aromatic nitrogens is 1. The van der Waals surface area contributed by atoms with Crippen molar-refractivity contribution >= 4 is 11.7 Å². The summed E-state index contributed by atoms with van der Waals surface area (Å²) in [4.78, 5) is 24.3. The molecule has 2 aliphatic heterocycles. The highest BCUT2D eigenvalue weighted by Crippen LogP contribution is 2.32. The molecule has 2 aromatic rings. The van der Waals surface area contributed by atoms with Crippen LogP contribution in [0.4, 0.5) is 5.82 Å². The first-order valence-corrected chi connectivity index (χ1v) is 10.5. The lowest BCUT2D eigenvalue weighted by molar-refractivity contribution is -0.0707. The third-order valence-corrected chi connectivity index (χ3v) is 5.84. The molecule has 4 rings (SSSR count). The average molecular weight is 395 g/mol. The van der Waals surface area contributed by atoms with Gasteiger partial charge >= 0.3 is 0 Å². The topological polar surface area (TPSA) is 48.9 Å². The van der Waals surface area contributed by atoms with E-state index < -0.39 is 0 Å². The molecule has 1 aromatic carbocycles. The van der Waals surface area contributed by atoms with E-state index in [-0.39, 0.29) is 18.1 Å². The van der Waals surface area contributed by atoms with E-state index in [4.69, 9.17) is 4.74 Å². The Bertz CT molecular complexity index is 803. The highest BCUT2D eigenvalue weighted by atomic mass is 16.5. The van der Waals surface area contributed by atoms with Crippen LogP contribution >= 0.6 is 0 Å². The molecule has 0 radical (unpaired) electrons. The number of carbonyl (C=O) groups is 1.